The van der Waals surface area contributed by atoms with E-state index in [1.807, 2.05) is 79.7 Å². The Labute approximate surface area is 229 Å². The van der Waals surface area contributed by atoms with E-state index in [9.17, 15) is 14.9 Å². The second-order valence-electron chi connectivity index (χ2n) is 8.79. The standard InChI is InChI=1S/C31H25N3O4S/c1-3-24-27(30(36)37-2)28(20-11-5-4-6-12-20)34-29(35)26(39-31(34)33-24)17-21-13-9-10-16-25(21)38-19-23-15-8-7-14-22(23)18-32/h4-17,28H,3,19H2,1-2H3/b26-17+/t28-/m0/s1. The third-order valence-electron chi connectivity index (χ3n) is 6.49. The van der Waals surface area contributed by atoms with E-state index in [1.54, 1.807) is 16.7 Å². The molecule has 1 atom stereocenters. The number of carbonyl (C=O) groups excluding carboxylic acids is 1. The summed E-state index contributed by atoms with van der Waals surface area (Å²) in [6.45, 7) is 2.14. The Morgan fingerprint density at radius 3 is 2.54 bits per heavy atom. The van der Waals surface area contributed by atoms with Crippen LogP contribution in [0.25, 0.3) is 6.08 Å². The van der Waals surface area contributed by atoms with Gasteiger partial charge in [-0.15, -0.1) is 0 Å². The number of hydrogen-bond acceptors (Lipinski definition) is 7. The number of para-hydroxylation sites is 1. The molecule has 39 heavy (non-hydrogen) atoms. The number of ether oxygens (including phenoxy) is 2. The van der Waals surface area contributed by atoms with Crippen LogP contribution in [-0.2, 0) is 16.1 Å². The minimum absolute atomic E-state index is 0.214. The lowest BCUT2D eigenvalue weighted by atomic mass is 9.95. The van der Waals surface area contributed by atoms with Gasteiger partial charge in [0.1, 0.15) is 12.4 Å². The van der Waals surface area contributed by atoms with Crippen LogP contribution in [0.1, 0.15) is 41.6 Å². The molecule has 0 aliphatic carbocycles. The van der Waals surface area contributed by atoms with E-state index in [2.05, 4.69) is 6.07 Å². The third kappa shape index (κ3) is 5.05. The van der Waals surface area contributed by atoms with Gasteiger partial charge in [0.05, 0.1) is 40.6 Å². The maximum Gasteiger partial charge on any atom is 0.338 e. The molecule has 0 saturated carbocycles. The summed E-state index contributed by atoms with van der Waals surface area (Å²) < 4.78 is 13.2. The highest BCUT2D eigenvalue weighted by Crippen LogP contribution is 2.31. The number of fused-ring (bicyclic) bond motifs is 1. The number of allylic oxidation sites excluding steroid dienone is 1. The Balaban J connectivity index is 1.61. The summed E-state index contributed by atoms with van der Waals surface area (Å²) in [7, 11) is 1.34. The molecule has 4 aromatic rings. The largest absolute Gasteiger partial charge is 0.488 e. The van der Waals surface area contributed by atoms with Gasteiger partial charge in [-0.2, -0.15) is 5.26 Å². The molecule has 0 radical (unpaired) electrons. The average Bonchev–Trinajstić information content (AvgIpc) is 3.29. The van der Waals surface area contributed by atoms with Crippen LogP contribution < -0.4 is 19.6 Å². The van der Waals surface area contributed by atoms with Crippen LogP contribution in [0, 0.1) is 11.3 Å². The predicted octanol–water partition coefficient (Wildman–Crippen LogP) is 4.25. The molecule has 1 aliphatic rings. The zero-order chi connectivity index (χ0) is 27.4. The van der Waals surface area contributed by atoms with Crippen molar-refractivity contribution in [1.82, 2.24) is 4.57 Å². The number of hydrogen-bond donors (Lipinski definition) is 0. The zero-order valence-corrected chi connectivity index (χ0v) is 22.3. The molecular formula is C31H25N3O4S. The zero-order valence-electron chi connectivity index (χ0n) is 21.5. The molecule has 194 valence electrons. The van der Waals surface area contributed by atoms with Crippen molar-refractivity contribution in [2.75, 3.05) is 7.11 Å². The van der Waals surface area contributed by atoms with Gasteiger partial charge < -0.3 is 9.47 Å². The van der Waals surface area contributed by atoms with Crippen LogP contribution in [0.15, 0.2) is 99.9 Å². The first-order valence-corrected chi connectivity index (χ1v) is 13.2. The molecule has 1 aliphatic heterocycles. The number of nitrogens with zero attached hydrogens (tertiary/aromatic N) is 3. The third-order valence-corrected chi connectivity index (χ3v) is 7.48. The van der Waals surface area contributed by atoms with Gasteiger partial charge in [0, 0.05) is 11.1 Å². The van der Waals surface area contributed by atoms with Crippen LogP contribution in [0.2, 0.25) is 0 Å². The van der Waals surface area contributed by atoms with E-state index in [4.69, 9.17) is 14.5 Å². The van der Waals surface area contributed by atoms with Gasteiger partial charge in [0.25, 0.3) is 5.56 Å². The molecule has 0 bridgehead atoms. The summed E-state index contributed by atoms with van der Waals surface area (Å²) >= 11 is 1.27. The fourth-order valence-corrected chi connectivity index (χ4v) is 5.61. The quantitative estimate of drug-likeness (QED) is 0.330. The monoisotopic (exact) mass is 535 g/mol. The summed E-state index contributed by atoms with van der Waals surface area (Å²) in [5, 5.41) is 9.40. The summed E-state index contributed by atoms with van der Waals surface area (Å²) in [4.78, 5) is 32.0. The smallest absolute Gasteiger partial charge is 0.338 e. The number of benzene rings is 3. The molecule has 2 heterocycles. The fraction of sp³-hybridized carbons (Fsp3) is 0.161. The predicted molar refractivity (Wildman–Crippen MR) is 149 cm³/mol. The number of nitriles is 1. The molecule has 3 aromatic carbocycles. The minimum atomic E-state index is -0.652. The Morgan fingerprint density at radius 2 is 1.79 bits per heavy atom. The second kappa shape index (κ2) is 11.3. The van der Waals surface area contributed by atoms with E-state index in [-0.39, 0.29) is 12.2 Å². The molecular weight excluding hydrogens is 510 g/mol. The number of aromatic nitrogens is 1. The number of esters is 1. The molecule has 8 heteroatoms. The summed E-state index contributed by atoms with van der Waals surface area (Å²) in [5.74, 6) is 0.0790. The van der Waals surface area contributed by atoms with Crippen molar-refractivity contribution in [2.45, 2.75) is 26.0 Å². The number of methoxy groups -OCH3 is 1. The van der Waals surface area contributed by atoms with Crippen molar-refractivity contribution in [3.05, 3.63) is 132 Å². The molecule has 0 amide bonds. The van der Waals surface area contributed by atoms with Crippen molar-refractivity contribution in [1.29, 1.82) is 5.26 Å². The summed E-state index contributed by atoms with van der Waals surface area (Å²) in [6.07, 6.45) is 2.30. The van der Waals surface area contributed by atoms with Gasteiger partial charge in [-0.25, -0.2) is 9.79 Å². The average molecular weight is 536 g/mol. The number of rotatable bonds is 7. The lowest BCUT2D eigenvalue weighted by molar-refractivity contribution is -0.136. The van der Waals surface area contributed by atoms with Crippen molar-refractivity contribution >= 4 is 23.4 Å². The Hall–Kier alpha value is -4.74. The molecule has 0 N–H and O–H groups in total. The highest BCUT2D eigenvalue weighted by molar-refractivity contribution is 7.07. The first kappa shape index (κ1) is 25.9. The van der Waals surface area contributed by atoms with Crippen LogP contribution >= 0.6 is 11.3 Å². The normalized spacial score (nSPS) is 14.8. The van der Waals surface area contributed by atoms with E-state index in [0.29, 0.717) is 38.3 Å². The second-order valence-corrected chi connectivity index (χ2v) is 9.80. The molecule has 0 spiro atoms. The van der Waals surface area contributed by atoms with Gasteiger partial charge in [0.2, 0.25) is 0 Å². The van der Waals surface area contributed by atoms with Crippen LogP contribution in [0.4, 0.5) is 0 Å². The lowest BCUT2D eigenvalue weighted by Gasteiger charge is -2.25. The van der Waals surface area contributed by atoms with Crippen molar-refractivity contribution in [3.63, 3.8) is 0 Å². The Kier molecular flexibility index (Phi) is 7.53. The Morgan fingerprint density at radius 1 is 1.08 bits per heavy atom. The first-order valence-electron chi connectivity index (χ1n) is 12.4. The molecule has 0 fully saturated rings. The summed E-state index contributed by atoms with van der Waals surface area (Å²) in [6, 6.07) is 25.7. The van der Waals surface area contributed by atoms with Crippen LogP contribution in [-0.4, -0.2) is 17.6 Å². The van der Waals surface area contributed by atoms with Crippen molar-refractivity contribution < 1.29 is 14.3 Å². The van der Waals surface area contributed by atoms with E-state index in [1.165, 1.54) is 18.4 Å². The van der Waals surface area contributed by atoms with Crippen LogP contribution in [0.5, 0.6) is 5.75 Å². The van der Waals surface area contributed by atoms with Gasteiger partial charge in [-0.3, -0.25) is 9.36 Å². The van der Waals surface area contributed by atoms with E-state index < -0.39 is 12.0 Å². The molecule has 0 saturated heterocycles. The SMILES string of the molecule is CCC1=C(C(=O)OC)[C@H](c2ccccc2)n2c(s/c(=C/c3ccccc3OCc3ccccc3C#N)c2=O)=N1. The Bertz CT molecular complexity index is 1800. The molecule has 1 aromatic heterocycles. The maximum atomic E-state index is 13.9. The maximum absolute atomic E-state index is 13.9. The van der Waals surface area contributed by atoms with Gasteiger partial charge in [-0.1, -0.05) is 85.0 Å². The van der Waals surface area contributed by atoms with Gasteiger partial charge in [0.15, 0.2) is 4.80 Å². The van der Waals surface area contributed by atoms with Gasteiger partial charge in [-0.05, 0) is 30.2 Å². The molecule has 7 nitrogen and oxygen atoms in total. The van der Waals surface area contributed by atoms with Crippen molar-refractivity contribution in [3.8, 4) is 11.8 Å². The number of thiazole rings is 1. The fourth-order valence-electron chi connectivity index (χ4n) is 4.60. The summed E-state index contributed by atoms with van der Waals surface area (Å²) in [5.41, 5.74) is 3.56. The van der Waals surface area contributed by atoms with Crippen LogP contribution in [0.3, 0.4) is 0 Å². The molecule has 5 rings (SSSR count). The first-order chi connectivity index (χ1) is 19.0. The number of carbonyl (C=O) groups is 1. The topological polar surface area (TPSA) is 93.7 Å². The van der Waals surface area contributed by atoms with E-state index in [0.717, 1.165) is 16.7 Å². The highest BCUT2D eigenvalue weighted by Gasteiger charge is 2.33. The minimum Gasteiger partial charge on any atom is -0.488 e. The lowest BCUT2D eigenvalue weighted by Crippen LogP contribution is -2.40. The van der Waals surface area contributed by atoms with Crippen molar-refractivity contribution in [2.24, 2.45) is 4.99 Å². The highest BCUT2D eigenvalue weighted by atomic mass is 32.1. The van der Waals surface area contributed by atoms with Gasteiger partial charge >= 0.3 is 5.97 Å². The molecule has 0 unspecified atom stereocenters. The van der Waals surface area contributed by atoms with E-state index >= 15 is 0 Å².